The van der Waals surface area contributed by atoms with Crippen LogP contribution >= 0.6 is 0 Å². The second kappa shape index (κ2) is 8.17. The molecule has 3 N–H and O–H groups in total. The molecule has 0 radical (unpaired) electrons. The Kier molecular flexibility index (Phi) is 7.11. The average Bonchev–Trinajstić information content (AvgIpc) is 2.82. The van der Waals surface area contributed by atoms with Crippen molar-refractivity contribution >= 4 is 16.2 Å². The Morgan fingerprint density at radius 2 is 1.67 bits per heavy atom. The summed E-state index contributed by atoms with van der Waals surface area (Å²) in [6, 6.07) is 0. The van der Waals surface area contributed by atoms with E-state index in [4.69, 9.17) is 17.5 Å². The van der Waals surface area contributed by atoms with Crippen molar-refractivity contribution in [2.24, 2.45) is 28.6 Å². The number of rotatable bonds is 0. The zero-order valence-electron chi connectivity index (χ0n) is 17.5. The molecule has 0 aromatic carbocycles. The van der Waals surface area contributed by atoms with Crippen LogP contribution in [0.2, 0.25) is 0 Å². The Balaban J connectivity index is 0.000000504. The number of aliphatic hydroxyl groups is 1. The summed E-state index contributed by atoms with van der Waals surface area (Å²) in [6.45, 7) is 4.76. The molecule has 4 rings (SSSR count). The van der Waals surface area contributed by atoms with Crippen LogP contribution in [0.1, 0.15) is 66.6 Å². The third kappa shape index (κ3) is 4.55. The first-order valence-electron chi connectivity index (χ1n) is 9.57. The molecule has 0 aromatic rings. The van der Waals surface area contributed by atoms with Gasteiger partial charge in [-0.2, -0.15) is 8.42 Å². The standard InChI is InChI=1S/C19H28O2.Na.H2O4S.H/c1-18-9-7-13(20)11-12(18)3-4-14-15-5-6-17(21)19(15,2)10-8-16(14)18;;1-5(2,3)4;/h11,14-17,21H,3-10H2,1-2H3;;(H2,1,2,3,4);/q;+1;;-1/t14-,15-,16-,17-,18-,19-;;;/m0.../s1. The van der Waals surface area contributed by atoms with Gasteiger partial charge in [-0.05, 0) is 79.6 Å². The number of ketones is 1. The maximum Gasteiger partial charge on any atom is 1.00 e. The minimum Gasteiger partial charge on any atom is -1.00 e. The van der Waals surface area contributed by atoms with E-state index in [1.54, 1.807) is 0 Å². The smallest absolute Gasteiger partial charge is 1.00 e. The van der Waals surface area contributed by atoms with Gasteiger partial charge in [0.1, 0.15) is 0 Å². The summed E-state index contributed by atoms with van der Waals surface area (Å²) in [5.74, 6) is 2.57. The topological polar surface area (TPSA) is 112 Å². The van der Waals surface area contributed by atoms with E-state index >= 15 is 0 Å². The molecular weight excluding hydrogens is 379 g/mol. The molecule has 27 heavy (non-hydrogen) atoms. The van der Waals surface area contributed by atoms with Crippen molar-refractivity contribution in [2.75, 3.05) is 0 Å². The van der Waals surface area contributed by atoms with Crippen molar-refractivity contribution in [3.05, 3.63) is 11.6 Å². The maximum absolute atomic E-state index is 11.8. The van der Waals surface area contributed by atoms with E-state index in [9.17, 15) is 9.90 Å². The van der Waals surface area contributed by atoms with Crippen molar-refractivity contribution in [1.82, 2.24) is 0 Å². The number of hydrogen-bond acceptors (Lipinski definition) is 4. The number of carbonyl (C=O) groups excluding carboxylic acids is 1. The van der Waals surface area contributed by atoms with Crippen molar-refractivity contribution in [3.63, 3.8) is 0 Å². The molecular formula is C19H31NaO6S. The number of hydrogen-bond donors (Lipinski definition) is 3. The van der Waals surface area contributed by atoms with Gasteiger partial charge in [-0.25, -0.2) is 0 Å². The van der Waals surface area contributed by atoms with Gasteiger partial charge in [0.2, 0.25) is 0 Å². The molecule has 0 amide bonds. The summed E-state index contributed by atoms with van der Waals surface area (Å²) in [6.07, 6.45) is 10.7. The molecule has 0 unspecified atom stereocenters. The zero-order chi connectivity index (χ0) is 19.3. The molecule has 150 valence electrons. The third-order valence-electron chi connectivity index (χ3n) is 7.91. The van der Waals surface area contributed by atoms with Crippen LogP contribution in [0.3, 0.4) is 0 Å². The van der Waals surface area contributed by atoms with Gasteiger partial charge >= 0.3 is 40.0 Å². The summed E-state index contributed by atoms with van der Waals surface area (Å²) in [7, 11) is -4.67. The first kappa shape index (κ1) is 23.5. The summed E-state index contributed by atoms with van der Waals surface area (Å²) in [5, 5.41) is 10.4. The summed E-state index contributed by atoms with van der Waals surface area (Å²) >= 11 is 0. The first-order chi connectivity index (χ1) is 11.9. The van der Waals surface area contributed by atoms with Crippen molar-refractivity contribution in [2.45, 2.75) is 71.3 Å². The van der Waals surface area contributed by atoms with E-state index in [0.717, 1.165) is 37.5 Å². The SMILES string of the molecule is C[C@]12CC[C@H]3[C@@H](CCC4=CC(=O)CC[C@@]43C)[C@@H]1CC[C@@H]2O.O=S(=O)(O)O.[H-].[Na+]. The van der Waals surface area contributed by atoms with Gasteiger partial charge in [0, 0.05) is 6.42 Å². The molecule has 6 atom stereocenters. The third-order valence-corrected chi connectivity index (χ3v) is 7.91. The molecule has 0 heterocycles. The molecule has 3 saturated carbocycles. The molecule has 0 bridgehead atoms. The molecule has 0 aliphatic heterocycles. The van der Waals surface area contributed by atoms with Gasteiger partial charge in [-0.1, -0.05) is 19.4 Å². The Bertz CT molecular complexity index is 718. The van der Waals surface area contributed by atoms with Crippen molar-refractivity contribution in [3.8, 4) is 0 Å². The predicted molar refractivity (Wildman–Crippen MR) is 98.0 cm³/mol. The van der Waals surface area contributed by atoms with E-state index in [2.05, 4.69) is 13.8 Å². The monoisotopic (exact) mass is 410 g/mol. The summed E-state index contributed by atoms with van der Waals surface area (Å²) in [4.78, 5) is 11.8. The quantitative estimate of drug-likeness (QED) is 0.392. The van der Waals surface area contributed by atoms with Crippen LogP contribution in [0, 0.1) is 28.6 Å². The maximum atomic E-state index is 11.8. The number of aliphatic hydroxyl groups excluding tert-OH is 1. The van der Waals surface area contributed by atoms with Gasteiger partial charge < -0.3 is 6.53 Å². The zero-order valence-corrected chi connectivity index (χ0v) is 19.3. The fourth-order valence-electron chi connectivity index (χ4n) is 6.53. The van der Waals surface area contributed by atoms with Gasteiger partial charge in [-0.15, -0.1) is 0 Å². The van der Waals surface area contributed by atoms with Crippen LogP contribution in [-0.2, 0) is 15.2 Å². The van der Waals surface area contributed by atoms with Gasteiger partial charge in [0.15, 0.2) is 5.78 Å². The predicted octanol–water partition coefficient (Wildman–Crippen LogP) is 0.343. The van der Waals surface area contributed by atoms with Crippen LogP contribution in [0.15, 0.2) is 11.6 Å². The molecule has 0 spiro atoms. The molecule has 4 aliphatic rings. The second-order valence-electron chi connectivity index (χ2n) is 9.05. The largest absolute Gasteiger partial charge is 1.00 e. The van der Waals surface area contributed by atoms with E-state index in [-0.39, 0.29) is 47.9 Å². The van der Waals surface area contributed by atoms with E-state index in [1.807, 2.05) is 6.08 Å². The molecule has 4 aliphatic carbocycles. The molecule has 6 nitrogen and oxygen atoms in total. The number of fused-ring (bicyclic) bond motifs is 5. The van der Waals surface area contributed by atoms with Gasteiger partial charge in [0.25, 0.3) is 0 Å². The Labute approximate surface area is 185 Å². The Morgan fingerprint density at radius 3 is 2.30 bits per heavy atom. The van der Waals surface area contributed by atoms with Gasteiger partial charge in [0.05, 0.1) is 6.10 Å². The van der Waals surface area contributed by atoms with Crippen LogP contribution in [0.25, 0.3) is 0 Å². The average molecular weight is 411 g/mol. The second-order valence-corrected chi connectivity index (χ2v) is 9.95. The number of carbonyl (C=O) groups is 1. The molecule has 0 saturated heterocycles. The van der Waals surface area contributed by atoms with Crippen LogP contribution in [0.4, 0.5) is 0 Å². The van der Waals surface area contributed by atoms with Crippen LogP contribution in [-0.4, -0.2) is 34.5 Å². The number of allylic oxidation sites excluding steroid dienone is 1. The van der Waals surface area contributed by atoms with Crippen molar-refractivity contribution < 1.29 is 58.4 Å². The van der Waals surface area contributed by atoms with E-state index < -0.39 is 10.4 Å². The normalized spacial score (nSPS) is 43.1. The molecule has 3 fully saturated rings. The Morgan fingerprint density at radius 1 is 1.04 bits per heavy atom. The van der Waals surface area contributed by atoms with Gasteiger partial charge in [-0.3, -0.25) is 13.9 Å². The fraction of sp³-hybridized carbons (Fsp3) is 0.842. The minimum atomic E-state index is -4.67. The van der Waals surface area contributed by atoms with Crippen LogP contribution < -0.4 is 29.6 Å². The van der Waals surface area contributed by atoms with E-state index in [0.29, 0.717) is 11.7 Å². The molecule has 8 heteroatoms. The Hall–Kier alpha value is 0.240. The summed E-state index contributed by atoms with van der Waals surface area (Å²) in [5.41, 5.74) is 1.89. The summed E-state index contributed by atoms with van der Waals surface area (Å²) < 4.78 is 31.6. The van der Waals surface area contributed by atoms with E-state index in [1.165, 1.54) is 31.3 Å². The minimum absolute atomic E-state index is 0. The molecule has 0 aromatic heterocycles. The first-order valence-corrected chi connectivity index (χ1v) is 11.0. The fourth-order valence-corrected chi connectivity index (χ4v) is 6.53. The van der Waals surface area contributed by atoms with Crippen molar-refractivity contribution in [1.29, 1.82) is 0 Å². The van der Waals surface area contributed by atoms with Crippen LogP contribution in [0.5, 0.6) is 0 Å².